The van der Waals surface area contributed by atoms with Crippen molar-refractivity contribution in [3.05, 3.63) is 24.0 Å². The molecule has 0 radical (unpaired) electrons. The maximum absolute atomic E-state index is 12.3. The van der Waals surface area contributed by atoms with Crippen LogP contribution in [0.25, 0.3) is 0 Å². The molecule has 0 aliphatic heterocycles. The minimum atomic E-state index is -0.0851. The summed E-state index contributed by atoms with van der Waals surface area (Å²) >= 11 is 0. The molecule has 1 aromatic heterocycles. The standard InChI is InChI=1S/C14H22N4O/c1-14(2)6-3-4-10(8-14)17-13(19)11-5-7-16-9-12(11)18-15/h5,7,9-10,18H,3-4,6,8,15H2,1-2H3,(H,17,19). The van der Waals surface area contributed by atoms with Gasteiger partial charge in [0.1, 0.15) is 0 Å². The molecular formula is C14H22N4O. The van der Waals surface area contributed by atoms with Crippen molar-refractivity contribution < 1.29 is 4.79 Å². The molecule has 0 saturated heterocycles. The molecule has 1 unspecified atom stereocenters. The van der Waals surface area contributed by atoms with E-state index in [-0.39, 0.29) is 11.9 Å². The molecule has 1 atom stereocenters. The largest absolute Gasteiger partial charge is 0.349 e. The minimum Gasteiger partial charge on any atom is -0.349 e. The lowest BCUT2D eigenvalue weighted by atomic mass is 9.75. The predicted molar refractivity (Wildman–Crippen MR) is 75.6 cm³/mol. The molecule has 1 heterocycles. The lowest BCUT2D eigenvalue weighted by Crippen LogP contribution is -2.41. The van der Waals surface area contributed by atoms with Gasteiger partial charge in [-0.3, -0.25) is 15.6 Å². The van der Waals surface area contributed by atoms with Crippen LogP contribution in [-0.2, 0) is 0 Å². The van der Waals surface area contributed by atoms with Gasteiger partial charge >= 0.3 is 0 Å². The number of nitrogens with one attached hydrogen (secondary N) is 2. The highest BCUT2D eigenvalue weighted by Crippen LogP contribution is 2.35. The van der Waals surface area contributed by atoms with Crippen molar-refractivity contribution in [2.75, 3.05) is 5.43 Å². The van der Waals surface area contributed by atoms with Crippen LogP contribution in [-0.4, -0.2) is 16.9 Å². The van der Waals surface area contributed by atoms with Crippen molar-refractivity contribution >= 4 is 11.6 Å². The van der Waals surface area contributed by atoms with Gasteiger partial charge in [-0.15, -0.1) is 0 Å². The van der Waals surface area contributed by atoms with Crippen molar-refractivity contribution in [3.63, 3.8) is 0 Å². The zero-order chi connectivity index (χ0) is 13.9. The summed E-state index contributed by atoms with van der Waals surface area (Å²) in [4.78, 5) is 16.2. The van der Waals surface area contributed by atoms with Gasteiger partial charge in [0.2, 0.25) is 0 Å². The number of amides is 1. The Morgan fingerprint density at radius 2 is 2.32 bits per heavy atom. The molecule has 2 rings (SSSR count). The summed E-state index contributed by atoms with van der Waals surface area (Å²) in [6, 6.07) is 1.92. The Morgan fingerprint density at radius 3 is 3.00 bits per heavy atom. The molecule has 4 N–H and O–H groups in total. The summed E-state index contributed by atoms with van der Waals surface area (Å²) in [6.45, 7) is 4.51. The van der Waals surface area contributed by atoms with Crippen molar-refractivity contribution in [1.29, 1.82) is 0 Å². The zero-order valence-electron chi connectivity index (χ0n) is 11.6. The van der Waals surface area contributed by atoms with E-state index in [2.05, 4.69) is 29.6 Å². The molecule has 1 fully saturated rings. The van der Waals surface area contributed by atoms with Crippen LogP contribution < -0.4 is 16.6 Å². The van der Waals surface area contributed by atoms with Gasteiger partial charge in [0.05, 0.1) is 17.4 Å². The number of rotatable bonds is 3. The number of carbonyl (C=O) groups excluding carboxylic acids is 1. The van der Waals surface area contributed by atoms with Crippen LogP contribution in [0, 0.1) is 5.41 Å². The van der Waals surface area contributed by atoms with Gasteiger partial charge in [0.25, 0.3) is 5.91 Å². The van der Waals surface area contributed by atoms with Gasteiger partial charge in [-0.1, -0.05) is 20.3 Å². The zero-order valence-corrected chi connectivity index (χ0v) is 11.6. The highest BCUT2D eigenvalue weighted by atomic mass is 16.1. The molecule has 1 aliphatic carbocycles. The number of carbonyl (C=O) groups is 1. The van der Waals surface area contributed by atoms with Crippen molar-refractivity contribution in [1.82, 2.24) is 10.3 Å². The summed E-state index contributed by atoms with van der Waals surface area (Å²) in [5.74, 6) is 5.31. The topological polar surface area (TPSA) is 80.0 Å². The first-order valence-electron chi connectivity index (χ1n) is 6.73. The second kappa shape index (κ2) is 5.57. The van der Waals surface area contributed by atoms with Crippen molar-refractivity contribution in [2.45, 2.75) is 45.6 Å². The summed E-state index contributed by atoms with van der Waals surface area (Å²) in [7, 11) is 0. The molecule has 0 aromatic carbocycles. The molecule has 1 aromatic rings. The van der Waals surface area contributed by atoms with Crippen LogP contribution in [0.3, 0.4) is 0 Å². The molecule has 104 valence electrons. The van der Waals surface area contributed by atoms with E-state index >= 15 is 0 Å². The van der Waals surface area contributed by atoms with Gasteiger partial charge in [-0.25, -0.2) is 0 Å². The van der Waals surface area contributed by atoms with Crippen LogP contribution in [0.15, 0.2) is 18.5 Å². The molecular weight excluding hydrogens is 240 g/mol. The van der Waals surface area contributed by atoms with E-state index in [1.165, 1.54) is 6.42 Å². The van der Waals surface area contributed by atoms with E-state index in [0.29, 0.717) is 16.7 Å². The maximum Gasteiger partial charge on any atom is 0.253 e. The fraction of sp³-hybridized carbons (Fsp3) is 0.571. The van der Waals surface area contributed by atoms with Crippen molar-refractivity contribution in [3.8, 4) is 0 Å². The maximum atomic E-state index is 12.3. The number of anilines is 1. The Hall–Kier alpha value is -1.62. The Labute approximate surface area is 114 Å². The number of hydrogen-bond acceptors (Lipinski definition) is 4. The lowest BCUT2D eigenvalue weighted by molar-refractivity contribution is 0.0903. The fourth-order valence-electron chi connectivity index (χ4n) is 2.79. The van der Waals surface area contributed by atoms with E-state index in [1.54, 1.807) is 18.5 Å². The smallest absolute Gasteiger partial charge is 0.253 e. The molecule has 0 bridgehead atoms. The summed E-state index contributed by atoms with van der Waals surface area (Å²) in [6.07, 6.45) is 7.61. The van der Waals surface area contributed by atoms with E-state index in [0.717, 1.165) is 19.3 Å². The average molecular weight is 262 g/mol. The first-order chi connectivity index (χ1) is 9.02. The third kappa shape index (κ3) is 3.44. The quantitative estimate of drug-likeness (QED) is 0.575. The van der Waals surface area contributed by atoms with E-state index in [4.69, 9.17) is 5.84 Å². The number of pyridine rings is 1. The van der Waals surface area contributed by atoms with Crippen LogP contribution in [0.1, 0.15) is 49.9 Å². The average Bonchev–Trinajstić information content (AvgIpc) is 2.37. The van der Waals surface area contributed by atoms with Gasteiger partial charge < -0.3 is 10.7 Å². The first kappa shape index (κ1) is 13.8. The van der Waals surface area contributed by atoms with Crippen LogP contribution in [0.5, 0.6) is 0 Å². The Balaban J connectivity index is 2.05. The highest BCUT2D eigenvalue weighted by molar-refractivity contribution is 5.99. The summed E-state index contributed by atoms with van der Waals surface area (Å²) in [5.41, 5.74) is 3.91. The fourth-order valence-corrected chi connectivity index (χ4v) is 2.79. The Kier molecular flexibility index (Phi) is 4.04. The second-order valence-corrected chi connectivity index (χ2v) is 6.00. The molecule has 5 heteroatoms. The predicted octanol–water partition coefficient (Wildman–Crippen LogP) is 2.07. The second-order valence-electron chi connectivity index (χ2n) is 6.00. The monoisotopic (exact) mass is 262 g/mol. The van der Waals surface area contributed by atoms with Crippen LogP contribution >= 0.6 is 0 Å². The lowest BCUT2D eigenvalue weighted by Gasteiger charge is -2.35. The normalized spacial score (nSPS) is 21.7. The number of nitrogens with two attached hydrogens (primary N) is 1. The van der Waals surface area contributed by atoms with Gasteiger partial charge in [0.15, 0.2) is 0 Å². The third-order valence-electron chi connectivity index (χ3n) is 3.76. The molecule has 1 saturated carbocycles. The van der Waals surface area contributed by atoms with Gasteiger partial charge in [0, 0.05) is 12.2 Å². The van der Waals surface area contributed by atoms with Crippen LogP contribution in [0.2, 0.25) is 0 Å². The van der Waals surface area contributed by atoms with E-state index in [1.807, 2.05) is 0 Å². The van der Waals surface area contributed by atoms with Crippen LogP contribution in [0.4, 0.5) is 5.69 Å². The Bertz CT molecular complexity index is 459. The Morgan fingerprint density at radius 1 is 1.53 bits per heavy atom. The summed E-state index contributed by atoms with van der Waals surface area (Å²) in [5, 5.41) is 3.10. The van der Waals surface area contributed by atoms with Crippen molar-refractivity contribution in [2.24, 2.45) is 11.3 Å². The summed E-state index contributed by atoms with van der Waals surface area (Å²) < 4.78 is 0. The third-order valence-corrected chi connectivity index (χ3v) is 3.76. The highest BCUT2D eigenvalue weighted by Gasteiger charge is 2.29. The molecule has 1 aliphatic rings. The number of hydrogen-bond donors (Lipinski definition) is 3. The minimum absolute atomic E-state index is 0.0851. The van der Waals surface area contributed by atoms with E-state index < -0.39 is 0 Å². The first-order valence-corrected chi connectivity index (χ1v) is 6.73. The molecule has 19 heavy (non-hydrogen) atoms. The van der Waals surface area contributed by atoms with E-state index in [9.17, 15) is 4.79 Å². The SMILES string of the molecule is CC1(C)CCCC(NC(=O)c2ccncc2NN)C1. The van der Waals surface area contributed by atoms with Gasteiger partial charge in [-0.2, -0.15) is 0 Å². The van der Waals surface area contributed by atoms with Gasteiger partial charge in [-0.05, 0) is 30.7 Å². The molecule has 1 amide bonds. The molecule has 5 nitrogen and oxygen atoms in total. The number of nitrogens with zero attached hydrogens (tertiary/aromatic N) is 1. The number of aromatic nitrogens is 1. The number of hydrazine groups is 1. The number of nitrogen functional groups attached to an aromatic ring is 1. The molecule has 0 spiro atoms.